The molecule has 1 N–H and O–H groups in total. The van der Waals surface area contributed by atoms with Crippen molar-refractivity contribution < 1.29 is 14.6 Å². The van der Waals surface area contributed by atoms with Gasteiger partial charge in [-0.25, -0.2) is 0 Å². The van der Waals surface area contributed by atoms with Crippen LogP contribution in [0.3, 0.4) is 0 Å². The Balaban J connectivity index is 2.69. The third kappa shape index (κ3) is 1.68. The van der Waals surface area contributed by atoms with Crippen molar-refractivity contribution in [1.82, 2.24) is 0 Å². The Morgan fingerprint density at radius 1 is 0.933 bits per heavy atom. The van der Waals surface area contributed by atoms with E-state index in [1.54, 1.807) is 20.3 Å². The molecule has 0 aromatic heterocycles. The minimum atomic E-state index is 0.215. The molecule has 0 radical (unpaired) electrons. The van der Waals surface area contributed by atoms with Crippen LogP contribution in [0.4, 0.5) is 0 Å². The minimum Gasteiger partial charge on any atom is -0.507 e. The van der Waals surface area contributed by atoms with E-state index in [2.05, 4.69) is 0 Å². The monoisotopic (exact) mass is 204 g/mol. The molecule has 2 aromatic carbocycles. The molecule has 0 saturated carbocycles. The van der Waals surface area contributed by atoms with E-state index in [1.807, 2.05) is 24.3 Å². The molecule has 0 fully saturated rings. The van der Waals surface area contributed by atoms with E-state index >= 15 is 0 Å². The Morgan fingerprint density at radius 3 is 2.27 bits per heavy atom. The number of aromatic hydroxyl groups is 1. The molecule has 78 valence electrons. The molecule has 0 heterocycles. The Bertz CT molecular complexity index is 486. The van der Waals surface area contributed by atoms with Crippen molar-refractivity contribution in [2.24, 2.45) is 0 Å². The van der Waals surface area contributed by atoms with Crippen LogP contribution >= 0.6 is 0 Å². The molecule has 2 aromatic rings. The van der Waals surface area contributed by atoms with Crippen molar-refractivity contribution >= 4 is 10.8 Å². The molecule has 0 aliphatic carbocycles. The highest BCUT2D eigenvalue weighted by Gasteiger charge is 2.04. The molecule has 0 saturated heterocycles. The molecule has 0 bridgehead atoms. The van der Waals surface area contributed by atoms with Gasteiger partial charge in [0.05, 0.1) is 14.2 Å². The molecule has 3 heteroatoms. The zero-order valence-corrected chi connectivity index (χ0v) is 8.65. The molecular formula is C12H12O3. The summed E-state index contributed by atoms with van der Waals surface area (Å²) in [5.41, 5.74) is 0. The second kappa shape index (κ2) is 3.69. The second-order valence-corrected chi connectivity index (χ2v) is 3.23. The van der Waals surface area contributed by atoms with E-state index in [9.17, 15) is 5.11 Å². The van der Waals surface area contributed by atoms with Gasteiger partial charge in [-0.1, -0.05) is 0 Å². The number of hydrogen-bond donors (Lipinski definition) is 1. The first kappa shape index (κ1) is 9.65. The maximum atomic E-state index is 9.73. The summed E-state index contributed by atoms with van der Waals surface area (Å²) in [4.78, 5) is 0. The van der Waals surface area contributed by atoms with Crippen molar-refractivity contribution in [2.75, 3.05) is 14.2 Å². The van der Waals surface area contributed by atoms with Gasteiger partial charge in [0.1, 0.15) is 17.2 Å². The maximum absolute atomic E-state index is 9.73. The summed E-state index contributed by atoms with van der Waals surface area (Å²) < 4.78 is 10.2. The Labute approximate surface area is 87.9 Å². The lowest BCUT2D eigenvalue weighted by molar-refractivity contribution is 0.408. The van der Waals surface area contributed by atoms with Gasteiger partial charge >= 0.3 is 0 Å². The lowest BCUT2D eigenvalue weighted by Gasteiger charge is -2.06. The van der Waals surface area contributed by atoms with Gasteiger partial charge in [-0.2, -0.15) is 0 Å². The smallest absolute Gasteiger partial charge is 0.127 e. The lowest BCUT2D eigenvalue weighted by Crippen LogP contribution is -1.85. The third-order valence-electron chi connectivity index (χ3n) is 2.35. The Kier molecular flexibility index (Phi) is 2.37. The standard InChI is InChI=1S/C12H12O3/c1-14-9-3-4-11-8(5-9)6-10(15-2)7-12(11)13/h3-7,13H,1-2H3. The molecule has 0 spiro atoms. The molecule has 15 heavy (non-hydrogen) atoms. The molecule has 0 atom stereocenters. The third-order valence-corrected chi connectivity index (χ3v) is 2.35. The molecular weight excluding hydrogens is 192 g/mol. The highest BCUT2D eigenvalue weighted by Crippen LogP contribution is 2.32. The molecule has 0 aliphatic heterocycles. The van der Waals surface area contributed by atoms with Crippen molar-refractivity contribution in [1.29, 1.82) is 0 Å². The fourth-order valence-corrected chi connectivity index (χ4v) is 1.55. The lowest BCUT2D eigenvalue weighted by atomic mass is 10.1. The van der Waals surface area contributed by atoms with Gasteiger partial charge in [0, 0.05) is 11.5 Å². The normalized spacial score (nSPS) is 10.3. The van der Waals surface area contributed by atoms with Gasteiger partial charge < -0.3 is 14.6 Å². The van der Waals surface area contributed by atoms with Gasteiger partial charge in [0.15, 0.2) is 0 Å². The van der Waals surface area contributed by atoms with Crippen LogP contribution in [0, 0.1) is 0 Å². The molecule has 0 unspecified atom stereocenters. The Hall–Kier alpha value is -1.90. The number of hydrogen-bond acceptors (Lipinski definition) is 3. The van der Waals surface area contributed by atoms with E-state index in [-0.39, 0.29) is 5.75 Å². The molecule has 2 rings (SSSR count). The highest BCUT2D eigenvalue weighted by atomic mass is 16.5. The number of fused-ring (bicyclic) bond motifs is 1. The van der Waals surface area contributed by atoms with Crippen LogP contribution in [-0.2, 0) is 0 Å². The first-order valence-corrected chi connectivity index (χ1v) is 4.59. The zero-order chi connectivity index (χ0) is 10.8. The first-order valence-electron chi connectivity index (χ1n) is 4.59. The van der Waals surface area contributed by atoms with Crippen LogP contribution < -0.4 is 9.47 Å². The number of benzene rings is 2. The fourth-order valence-electron chi connectivity index (χ4n) is 1.55. The van der Waals surface area contributed by atoms with Gasteiger partial charge in [0.25, 0.3) is 0 Å². The number of phenols is 1. The van der Waals surface area contributed by atoms with E-state index in [0.29, 0.717) is 5.75 Å². The quantitative estimate of drug-likeness (QED) is 0.817. The molecule has 0 amide bonds. The van der Waals surface area contributed by atoms with Gasteiger partial charge in [0.2, 0.25) is 0 Å². The summed E-state index contributed by atoms with van der Waals surface area (Å²) in [6, 6.07) is 8.95. The van der Waals surface area contributed by atoms with Crippen molar-refractivity contribution in [3.63, 3.8) is 0 Å². The number of rotatable bonds is 2. The van der Waals surface area contributed by atoms with Crippen LogP contribution in [-0.4, -0.2) is 19.3 Å². The highest BCUT2D eigenvalue weighted by molar-refractivity contribution is 5.90. The van der Waals surface area contributed by atoms with E-state index < -0.39 is 0 Å². The molecule has 0 aliphatic rings. The zero-order valence-electron chi connectivity index (χ0n) is 8.65. The van der Waals surface area contributed by atoms with Gasteiger partial charge in [-0.3, -0.25) is 0 Å². The fraction of sp³-hybridized carbons (Fsp3) is 0.167. The van der Waals surface area contributed by atoms with Crippen molar-refractivity contribution in [3.05, 3.63) is 30.3 Å². The summed E-state index contributed by atoms with van der Waals surface area (Å²) in [5, 5.41) is 11.4. The van der Waals surface area contributed by atoms with Crippen molar-refractivity contribution in [2.45, 2.75) is 0 Å². The maximum Gasteiger partial charge on any atom is 0.127 e. The summed E-state index contributed by atoms with van der Waals surface area (Å²) in [6.07, 6.45) is 0. The predicted octanol–water partition coefficient (Wildman–Crippen LogP) is 2.56. The topological polar surface area (TPSA) is 38.7 Å². The summed E-state index contributed by atoms with van der Waals surface area (Å²) in [6.45, 7) is 0. The van der Waals surface area contributed by atoms with Crippen LogP contribution in [0.15, 0.2) is 30.3 Å². The van der Waals surface area contributed by atoms with Crippen LogP contribution in [0.25, 0.3) is 10.8 Å². The predicted molar refractivity (Wildman–Crippen MR) is 58.7 cm³/mol. The number of phenolic OH excluding ortho intramolecular Hbond substituents is 1. The summed E-state index contributed by atoms with van der Waals surface area (Å²) in [7, 11) is 3.18. The first-order chi connectivity index (χ1) is 7.24. The van der Waals surface area contributed by atoms with Crippen molar-refractivity contribution in [3.8, 4) is 17.2 Å². The summed E-state index contributed by atoms with van der Waals surface area (Å²) >= 11 is 0. The number of ether oxygens (including phenoxy) is 2. The van der Waals surface area contributed by atoms with Crippen LogP contribution in [0.2, 0.25) is 0 Å². The molecule has 3 nitrogen and oxygen atoms in total. The second-order valence-electron chi connectivity index (χ2n) is 3.23. The Morgan fingerprint density at radius 2 is 1.60 bits per heavy atom. The van der Waals surface area contributed by atoms with E-state index in [1.165, 1.54) is 0 Å². The summed E-state index contributed by atoms with van der Waals surface area (Å²) in [5.74, 6) is 1.61. The average Bonchev–Trinajstić information content (AvgIpc) is 2.28. The van der Waals surface area contributed by atoms with Gasteiger partial charge in [-0.05, 0) is 29.7 Å². The average molecular weight is 204 g/mol. The van der Waals surface area contributed by atoms with Gasteiger partial charge in [-0.15, -0.1) is 0 Å². The van der Waals surface area contributed by atoms with Crippen LogP contribution in [0.1, 0.15) is 0 Å². The van der Waals surface area contributed by atoms with Crippen LogP contribution in [0.5, 0.6) is 17.2 Å². The van der Waals surface area contributed by atoms with E-state index in [4.69, 9.17) is 9.47 Å². The number of methoxy groups -OCH3 is 2. The minimum absolute atomic E-state index is 0.215. The SMILES string of the molecule is COc1ccc2c(O)cc(OC)cc2c1. The largest absolute Gasteiger partial charge is 0.507 e. The van der Waals surface area contributed by atoms with E-state index in [0.717, 1.165) is 16.5 Å².